The van der Waals surface area contributed by atoms with Crippen molar-refractivity contribution < 1.29 is 14.1 Å². The smallest absolute Gasteiger partial charge is 0.246 e. The van der Waals surface area contributed by atoms with Gasteiger partial charge in [0.05, 0.1) is 13.0 Å². The van der Waals surface area contributed by atoms with Crippen LogP contribution < -0.4 is 5.32 Å². The molecule has 0 aliphatic rings. The third-order valence-corrected chi connectivity index (χ3v) is 2.90. The number of hydrogen-bond donors (Lipinski definition) is 1. The van der Waals surface area contributed by atoms with Crippen molar-refractivity contribution in [3.63, 3.8) is 0 Å². The fourth-order valence-corrected chi connectivity index (χ4v) is 2.03. The maximum absolute atomic E-state index is 11.6. The van der Waals surface area contributed by atoms with E-state index in [1.54, 1.807) is 18.4 Å². The van der Waals surface area contributed by atoms with E-state index in [4.69, 9.17) is 9.26 Å². The minimum atomic E-state index is -0.0695. The van der Waals surface area contributed by atoms with Crippen LogP contribution >= 0.6 is 11.3 Å². The molecule has 1 N–H and O–H groups in total. The largest absolute Gasteiger partial charge is 0.377 e. The molecule has 18 heavy (non-hydrogen) atoms. The number of methoxy groups -OCH3 is 1. The van der Waals surface area contributed by atoms with Crippen molar-refractivity contribution in [3.05, 3.63) is 34.1 Å². The molecule has 7 heteroatoms. The highest BCUT2D eigenvalue weighted by atomic mass is 32.1. The van der Waals surface area contributed by atoms with Crippen molar-refractivity contribution in [2.24, 2.45) is 0 Å². The Morgan fingerprint density at radius 3 is 3.22 bits per heavy atom. The lowest BCUT2D eigenvalue weighted by Crippen LogP contribution is -2.24. The topological polar surface area (TPSA) is 77.3 Å². The van der Waals surface area contributed by atoms with Crippen LogP contribution in [0.25, 0.3) is 0 Å². The first-order valence-corrected chi connectivity index (χ1v) is 6.30. The van der Waals surface area contributed by atoms with Gasteiger partial charge in [0, 0.05) is 7.11 Å². The molecule has 0 aromatic carbocycles. The normalized spacial score (nSPS) is 10.5. The summed E-state index contributed by atoms with van der Waals surface area (Å²) >= 11 is 1.57. The number of aromatic nitrogens is 2. The van der Waals surface area contributed by atoms with Crippen molar-refractivity contribution in [1.29, 1.82) is 0 Å². The summed E-state index contributed by atoms with van der Waals surface area (Å²) in [5, 5.41) is 10.3. The van der Waals surface area contributed by atoms with Crippen LogP contribution in [0.4, 0.5) is 0 Å². The quantitative estimate of drug-likeness (QED) is 0.849. The molecule has 2 heterocycles. The predicted octanol–water partition coefficient (Wildman–Crippen LogP) is 1.14. The molecule has 2 aromatic heterocycles. The maximum Gasteiger partial charge on any atom is 0.246 e. The van der Waals surface area contributed by atoms with E-state index >= 15 is 0 Å². The maximum atomic E-state index is 11.6. The van der Waals surface area contributed by atoms with Gasteiger partial charge in [0.2, 0.25) is 11.8 Å². The highest BCUT2D eigenvalue weighted by molar-refractivity contribution is 7.07. The zero-order valence-electron chi connectivity index (χ0n) is 9.88. The highest BCUT2D eigenvalue weighted by Crippen LogP contribution is 2.06. The number of carbonyl (C=O) groups is 1. The van der Waals surface area contributed by atoms with Crippen LogP contribution in [0.15, 0.2) is 21.3 Å². The second kappa shape index (κ2) is 6.27. The molecule has 0 spiro atoms. The van der Waals surface area contributed by atoms with E-state index in [0.29, 0.717) is 24.7 Å². The monoisotopic (exact) mass is 267 g/mol. The number of hydrogen-bond acceptors (Lipinski definition) is 6. The molecule has 0 aliphatic heterocycles. The van der Waals surface area contributed by atoms with Gasteiger partial charge in [-0.1, -0.05) is 5.16 Å². The van der Waals surface area contributed by atoms with Gasteiger partial charge in [0.25, 0.3) is 0 Å². The van der Waals surface area contributed by atoms with E-state index in [-0.39, 0.29) is 12.5 Å². The van der Waals surface area contributed by atoms with E-state index in [9.17, 15) is 4.79 Å². The van der Waals surface area contributed by atoms with Crippen LogP contribution in [-0.2, 0) is 29.1 Å². The fourth-order valence-electron chi connectivity index (χ4n) is 1.37. The molecule has 2 rings (SSSR count). The van der Waals surface area contributed by atoms with Crippen molar-refractivity contribution in [1.82, 2.24) is 15.5 Å². The lowest BCUT2D eigenvalue weighted by molar-refractivity contribution is -0.120. The van der Waals surface area contributed by atoms with Crippen LogP contribution in [0.1, 0.15) is 17.3 Å². The molecule has 0 saturated heterocycles. The van der Waals surface area contributed by atoms with Gasteiger partial charge >= 0.3 is 0 Å². The molecular weight excluding hydrogens is 254 g/mol. The molecule has 0 radical (unpaired) electrons. The number of ether oxygens (including phenoxy) is 1. The molecule has 2 aromatic rings. The Morgan fingerprint density at radius 1 is 1.61 bits per heavy atom. The van der Waals surface area contributed by atoms with Gasteiger partial charge in [-0.25, -0.2) is 0 Å². The molecule has 0 fully saturated rings. The number of nitrogens with one attached hydrogen (secondary N) is 1. The Labute approximate surface area is 108 Å². The molecular formula is C11H13N3O3S. The fraction of sp³-hybridized carbons (Fsp3) is 0.364. The SMILES string of the molecule is COCc1noc(CNC(=O)Cc2ccsc2)n1. The lowest BCUT2D eigenvalue weighted by atomic mass is 10.2. The summed E-state index contributed by atoms with van der Waals surface area (Å²) in [6.07, 6.45) is 0.364. The molecule has 0 aliphatic carbocycles. The molecule has 0 saturated carbocycles. The van der Waals surface area contributed by atoms with Gasteiger partial charge < -0.3 is 14.6 Å². The lowest BCUT2D eigenvalue weighted by Gasteiger charge is -2.00. The third kappa shape index (κ3) is 3.64. The summed E-state index contributed by atoms with van der Waals surface area (Å²) in [7, 11) is 1.55. The number of amides is 1. The molecule has 1 amide bonds. The number of rotatable bonds is 6. The Morgan fingerprint density at radius 2 is 2.50 bits per heavy atom. The second-order valence-electron chi connectivity index (χ2n) is 3.62. The Balaban J connectivity index is 1.78. The van der Waals surface area contributed by atoms with Gasteiger partial charge in [-0.2, -0.15) is 16.3 Å². The van der Waals surface area contributed by atoms with Crippen molar-refractivity contribution in [2.75, 3.05) is 7.11 Å². The van der Waals surface area contributed by atoms with Gasteiger partial charge in [-0.05, 0) is 22.4 Å². The van der Waals surface area contributed by atoms with Crippen LogP contribution in [0.2, 0.25) is 0 Å². The second-order valence-corrected chi connectivity index (χ2v) is 4.40. The van der Waals surface area contributed by atoms with Crippen LogP contribution in [-0.4, -0.2) is 23.2 Å². The summed E-state index contributed by atoms with van der Waals surface area (Å²) < 4.78 is 9.81. The summed E-state index contributed by atoms with van der Waals surface area (Å²) in [6.45, 7) is 0.534. The van der Waals surface area contributed by atoms with Gasteiger partial charge in [-0.15, -0.1) is 0 Å². The van der Waals surface area contributed by atoms with Gasteiger partial charge in [0.15, 0.2) is 5.82 Å². The van der Waals surface area contributed by atoms with Crippen LogP contribution in [0, 0.1) is 0 Å². The van der Waals surface area contributed by atoms with Crippen molar-refractivity contribution in [3.8, 4) is 0 Å². The van der Waals surface area contributed by atoms with Gasteiger partial charge in [-0.3, -0.25) is 4.79 Å². The summed E-state index contributed by atoms with van der Waals surface area (Å²) in [5.74, 6) is 0.778. The summed E-state index contributed by atoms with van der Waals surface area (Å²) in [4.78, 5) is 15.6. The van der Waals surface area contributed by atoms with E-state index < -0.39 is 0 Å². The molecule has 6 nitrogen and oxygen atoms in total. The Kier molecular flexibility index (Phi) is 4.43. The van der Waals surface area contributed by atoms with E-state index in [0.717, 1.165) is 5.56 Å². The van der Waals surface area contributed by atoms with Crippen molar-refractivity contribution >= 4 is 17.2 Å². The first-order valence-electron chi connectivity index (χ1n) is 5.36. The zero-order valence-corrected chi connectivity index (χ0v) is 10.7. The summed E-state index contributed by atoms with van der Waals surface area (Å²) in [6, 6.07) is 1.92. The number of thiophene rings is 1. The zero-order chi connectivity index (χ0) is 12.8. The number of carbonyl (C=O) groups excluding carboxylic acids is 1. The predicted molar refractivity (Wildman–Crippen MR) is 64.9 cm³/mol. The molecule has 96 valence electrons. The summed E-state index contributed by atoms with van der Waals surface area (Å²) in [5.41, 5.74) is 1.00. The number of nitrogens with zero attached hydrogens (tertiary/aromatic N) is 2. The molecule has 0 atom stereocenters. The average Bonchev–Trinajstić information content (AvgIpc) is 2.99. The van der Waals surface area contributed by atoms with Gasteiger partial charge in [0.1, 0.15) is 6.61 Å². The van der Waals surface area contributed by atoms with Crippen LogP contribution in [0.5, 0.6) is 0 Å². The first kappa shape index (κ1) is 12.7. The van der Waals surface area contributed by atoms with E-state index in [2.05, 4.69) is 15.5 Å². The van der Waals surface area contributed by atoms with E-state index in [1.807, 2.05) is 16.8 Å². The first-order chi connectivity index (χ1) is 8.78. The van der Waals surface area contributed by atoms with Crippen molar-refractivity contribution in [2.45, 2.75) is 19.6 Å². The van der Waals surface area contributed by atoms with E-state index in [1.165, 1.54) is 0 Å². The Bertz CT molecular complexity index is 495. The molecule has 0 bridgehead atoms. The highest BCUT2D eigenvalue weighted by Gasteiger charge is 2.08. The molecule has 0 unspecified atom stereocenters. The standard InChI is InChI=1S/C11H13N3O3S/c1-16-6-9-13-11(17-14-9)5-12-10(15)4-8-2-3-18-7-8/h2-3,7H,4-6H2,1H3,(H,12,15). The van der Waals surface area contributed by atoms with Crippen LogP contribution in [0.3, 0.4) is 0 Å². The minimum Gasteiger partial charge on any atom is -0.377 e. The third-order valence-electron chi connectivity index (χ3n) is 2.17. The minimum absolute atomic E-state index is 0.0695. The average molecular weight is 267 g/mol. The Hall–Kier alpha value is -1.73.